The molecule has 2 aromatic rings. The number of benzene rings is 2. The number of anilines is 1. The van der Waals surface area contributed by atoms with E-state index in [2.05, 4.69) is 5.32 Å². The van der Waals surface area contributed by atoms with Crippen LogP contribution in [-0.4, -0.2) is 26.6 Å². The van der Waals surface area contributed by atoms with Crippen LogP contribution in [0.4, 0.5) is 5.69 Å². The minimum Gasteiger partial charge on any atom is -0.348 e. The normalized spacial score (nSPS) is 13.7. The van der Waals surface area contributed by atoms with Crippen molar-refractivity contribution in [2.75, 3.05) is 10.6 Å². The van der Waals surface area contributed by atoms with Crippen molar-refractivity contribution in [3.63, 3.8) is 0 Å². The van der Waals surface area contributed by atoms with Crippen LogP contribution in [0.2, 0.25) is 5.02 Å². The molecule has 1 amide bonds. The highest BCUT2D eigenvalue weighted by molar-refractivity contribution is 7.92. The Hall–Kier alpha value is -2.05. The number of hydrogen-bond donors (Lipinski definition) is 1. The van der Waals surface area contributed by atoms with Crippen molar-refractivity contribution < 1.29 is 13.2 Å². The van der Waals surface area contributed by atoms with E-state index in [-0.39, 0.29) is 11.9 Å². The van der Waals surface area contributed by atoms with Crippen LogP contribution in [0.5, 0.6) is 0 Å². The third-order valence-corrected chi connectivity index (χ3v) is 6.54. The fourth-order valence-corrected chi connectivity index (χ4v) is 4.32. The molecular weight excluding hydrogens is 396 g/mol. The number of sulfonamides is 1. The van der Waals surface area contributed by atoms with Gasteiger partial charge in [-0.2, -0.15) is 0 Å². The van der Waals surface area contributed by atoms with Crippen molar-refractivity contribution in [1.82, 2.24) is 5.32 Å². The summed E-state index contributed by atoms with van der Waals surface area (Å²) in [6, 6.07) is 9.77. The van der Waals surface area contributed by atoms with Gasteiger partial charge in [0.25, 0.3) is 0 Å². The molecule has 1 N–H and O–H groups in total. The first-order valence-electron chi connectivity index (χ1n) is 9.05. The zero-order chi connectivity index (χ0) is 21.2. The lowest BCUT2D eigenvalue weighted by Crippen LogP contribution is -2.48. The fourth-order valence-electron chi connectivity index (χ4n) is 2.98. The molecule has 7 heteroatoms. The lowest BCUT2D eigenvalue weighted by atomic mass is 10.0. The molecule has 0 aliphatic carbocycles. The van der Waals surface area contributed by atoms with E-state index in [9.17, 15) is 13.2 Å². The van der Waals surface area contributed by atoms with Crippen LogP contribution >= 0.6 is 11.6 Å². The Morgan fingerprint density at radius 1 is 1.00 bits per heavy atom. The summed E-state index contributed by atoms with van der Waals surface area (Å²) in [5, 5.41) is 3.36. The molecule has 0 heterocycles. The van der Waals surface area contributed by atoms with Gasteiger partial charge in [0.1, 0.15) is 6.04 Å². The summed E-state index contributed by atoms with van der Waals surface area (Å²) >= 11 is 6.16. The Morgan fingerprint density at radius 3 is 2.14 bits per heavy atom. The molecule has 0 aliphatic heterocycles. The first kappa shape index (κ1) is 22.2. The van der Waals surface area contributed by atoms with E-state index >= 15 is 0 Å². The zero-order valence-electron chi connectivity index (χ0n) is 17.1. The summed E-state index contributed by atoms with van der Waals surface area (Å²) in [5.74, 6) is -0.382. The topological polar surface area (TPSA) is 66.5 Å². The standard InChI is InChI=1S/C21H27ClN2O3S/c1-13-7-9-18(11-15(13)3)16(4)23-21(25)17(5)24(28(6,26)27)19-10-8-14(2)20(22)12-19/h7-12,16-17H,1-6H3,(H,23,25)/t16-,17-/m1/s1. The summed E-state index contributed by atoms with van der Waals surface area (Å²) in [6.07, 6.45) is 1.08. The van der Waals surface area contributed by atoms with Gasteiger partial charge in [-0.1, -0.05) is 35.9 Å². The molecule has 2 atom stereocenters. The second kappa shape index (κ2) is 8.53. The monoisotopic (exact) mass is 422 g/mol. The summed E-state index contributed by atoms with van der Waals surface area (Å²) in [5.41, 5.74) is 4.47. The van der Waals surface area contributed by atoms with Crippen molar-refractivity contribution in [3.8, 4) is 0 Å². The summed E-state index contributed by atoms with van der Waals surface area (Å²) in [6.45, 7) is 9.32. The maximum atomic E-state index is 12.8. The largest absolute Gasteiger partial charge is 0.348 e. The Balaban J connectivity index is 2.28. The number of carbonyl (C=O) groups excluding carboxylic acids is 1. The van der Waals surface area contributed by atoms with E-state index in [0.29, 0.717) is 10.7 Å². The minimum absolute atomic E-state index is 0.253. The molecule has 0 aliphatic rings. The minimum atomic E-state index is -3.69. The number of halogens is 1. The van der Waals surface area contributed by atoms with Crippen LogP contribution in [-0.2, 0) is 14.8 Å². The smallest absolute Gasteiger partial charge is 0.244 e. The second-order valence-corrected chi connectivity index (χ2v) is 9.51. The van der Waals surface area contributed by atoms with Gasteiger partial charge in [0.05, 0.1) is 18.0 Å². The van der Waals surface area contributed by atoms with Gasteiger partial charge in [-0.05, 0) is 69.0 Å². The van der Waals surface area contributed by atoms with E-state index in [0.717, 1.165) is 27.3 Å². The average Bonchev–Trinajstić information content (AvgIpc) is 2.59. The number of rotatable bonds is 6. The highest BCUT2D eigenvalue weighted by Crippen LogP contribution is 2.27. The van der Waals surface area contributed by atoms with Gasteiger partial charge in [0, 0.05) is 5.02 Å². The first-order chi connectivity index (χ1) is 12.9. The van der Waals surface area contributed by atoms with Gasteiger partial charge >= 0.3 is 0 Å². The number of nitrogens with zero attached hydrogens (tertiary/aromatic N) is 1. The van der Waals surface area contributed by atoms with Crippen LogP contribution in [0.15, 0.2) is 36.4 Å². The fraction of sp³-hybridized carbons (Fsp3) is 0.381. The van der Waals surface area contributed by atoms with Crippen LogP contribution in [0, 0.1) is 20.8 Å². The molecule has 0 aromatic heterocycles. The molecule has 152 valence electrons. The third-order valence-electron chi connectivity index (χ3n) is 4.89. The quantitative estimate of drug-likeness (QED) is 0.754. The number of amides is 1. The number of aryl methyl sites for hydroxylation is 3. The van der Waals surface area contributed by atoms with Crippen molar-refractivity contribution >= 4 is 33.2 Å². The summed E-state index contributed by atoms with van der Waals surface area (Å²) < 4.78 is 25.9. The molecule has 0 spiro atoms. The van der Waals surface area contributed by atoms with E-state index in [1.807, 2.05) is 45.9 Å². The number of hydrogen-bond acceptors (Lipinski definition) is 3. The number of carbonyl (C=O) groups is 1. The van der Waals surface area contributed by atoms with Crippen molar-refractivity contribution in [2.24, 2.45) is 0 Å². The van der Waals surface area contributed by atoms with E-state index in [1.54, 1.807) is 25.1 Å². The maximum Gasteiger partial charge on any atom is 0.244 e. The van der Waals surface area contributed by atoms with E-state index in [4.69, 9.17) is 11.6 Å². The lowest BCUT2D eigenvalue weighted by Gasteiger charge is -2.29. The number of nitrogens with one attached hydrogen (secondary N) is 1. The van der Waals surface area contributed by atoms with Crippen LogP contribution in [0.1, 0.15) is 42.1 Å². The molecule has 28 heavy (non-hydrogen) atoms. The van der Waals surface area contributed by atoms with Gasteiger partial charge in [-0.25, -0.2) is 8.42 Å². The molecule has 0 unspecified atom stereocenters. The van der Waals surface area contributed by atoms with Gasteiger partial charge < -0.3 is 5.32 Å². The molecule has 2 aromatic carbocycles. The molecule has 5 nitrogen and oxygen atoms in total. The van der Waals surface area contributed by atoms with Gasteiger partial charge in [-0.15, -0.1) is 0 Å². The highest BCUT2D eigenvalue weighted by atomic mass is 35.5. The van der Waals surface area contributed by atoms with Crippen molar-refractivity contribution in [1.29, 1.82) is 0 Å². The SMILES string of the molecule is Cc1ccc([C@@H](C)NC(=O)[C@@H](C)N(c2ccc(C)c(Cl)c2)S(C)(=O)=O)cc1C. The Labute approximate surface area is 172 Å². The maximum absolute atomic E-state index is 12.8. The second-order valence-electron chi connectivity index (χ2n) is 7.24. The molecule has 0 saturated heterocycles. The van der Waals surface area contributed by atoms with Gasteiger partial charge in [-0.3, -0.25) is 9.10 Å². The first-order valence-corrected chi connectivity index (χ1v) is 11.3. The molecule has 0 bridgehead atoms. The highest BCUT2D eigenvalue weighted by Gasteiger charge is 2.30. The molecule has 0 saturated carbocycles. The van der Waals surface area contributed by atoms with Crippen LogP contribution in [0.25, 0.3) is 0 Å². The van der Waals surface area contributed by atoms with Crippen molar-refractivity contribution in [2.45, 2.75) is 46.7 Å². The average molecular weight is 423 g/mol. The third kappa shape index (κ3) is 5.06. The Bertz CT molecular complexity index is 989. The van der Waals surface area contributed by atoms with Gasteiger partial charge in [0.2, 0.25) is 15.9 Å². The van der Waals surface area contributed by atoms with Crippen LogP contribution < -0.4 is 9.62 Å². The van der Waals surface area contributed by atoms with E-state index in [1.165, 1.54) is 5.56 Å². The van der Waals surface area contributed by atoms with Crippen LogP contribution in [0.3, 0.4) is 0 Å². The van der Waals surface area contributed by atoms with E-state index < -0.39 is 16.1 Å². The predicted octanol–water partition coefficient (Wildman–Crippen LogP) is 4.30. The zero-order valence-corrected chi connectivity index (χ0v) is 18.6. The molecule has 0 fully saturated rings. The summed E-state index contributed by atoms with van der Waals surface area (Å²) in [7, 11) is -3.69. The van der Waals surface area contributed by atoms with Gasteiger partial charge in [0.15, 0.2) is 0 Å². The molecule has 0 radical (unpaired) electrons. The molecular formula is C21H27ClN2O3S. The predicted molar refractivity (Wildman–Crippen MR) is 115 cm³/mol. The Kier molecular flexibility index (Phi) is 6.78. The lowest BCUT2D eigenvalue weighted by molar-refractivity contribution is -0.122. The molecule has 2 rings (SSSR count). The van der Waals surface area contributed by atoms with Crippen molar-refractivity contribution in [3.05, 3.63) is 63.7 Å². The Morgan fingerprint density at radius 2 is 1.61 bits per heavy atom. The summed E-state index contributed by atoms with van der Waals surface area (Å²) in [4.78, 5) is 12.8.